The molecule has 0 radical (unpaired) electrons. The van der Waals surface area contributed by atoms with Gasteiger partial charge in [0, 0.05) is 38.5 Å². The smallest absolute Gasteiger partial charge is 0.481 e. The van der Waals surface area contributed by atoms with Gasteiger partial charge < -0.3 is 20.6 Å². The average molecular weight is 891 g/mol. The fourth-order valence-corrected chi connectivity index (χ4v) is 7.58. The van der Waals surface area contributed by atoms with E-state index in [0.717, 1.165) is 70.0 Å². The van der Waals surface area contributed by atoms with Gasteiger partial charge >= 0.3 is 46.1 Å². The molecule has 6 rings (SSSR count). The summed E-state index contributed by atoms with van der Waals surface area (Å²) in [5.41, 5.74) is 0. The number of carbonyl (C=O) groups excluding carboxylic acids is 5. The third kappa shape index (κ3) is 28.3. The summed E-state index contributed by atoms with van der Waals surface area (Å²) in [5.74, 6) is -1.26. The van der Waals surface area contributed by atoms with Gasteiger partial charge in [-0.25, -0.2) is 4.79 Å². The standard InChI is InChI=1S/C16H26N2O4.C12H23NO2.2C5H10.C4H5NO3.2Fe/c19-14-9-10-15(20)18(14)22-16(21)8-2-1-5-11-17-12-13-6-3-4-7-13;14-12(15)8-2-1-5-9-13-10-11-6-3-4-7-11;2*1-2-4-5-3-1;6-3-1-2-4(7)5(3)8;;/h13,17H,1-12H2;11,13H,1-10H2,(H,14,15);2*1-5H2;8H,1-2H2;;/q;;;;;2*+2. The molecule has 4 aliphatic carbocycles. The van der Waals surface area contributed by atoms with Crippen LogP contribution in [0.2, 0.25) is 0 Å². The average Bonchev–Trinajstić information content (AvgIpc) is 4.03. The quantitative estimate of drug-likeness (QED) is 0.0485. The Hall–Kier alpha value is -1.86. The van der Waals surface area contributed by atoms with Gasteiger partial charge in [0.25, 0.3) is 23.6 Å². The molecule has 0 bridgehead atoms. The number of carboxylic acids is 1. The van der Waals surface area contributed by atoms with Gasteiger partial charge in [-0.3, -0.25) is 29.2 Å². The predicted octanol–water partition coefficient (Wildman–Crippen LogP) is 7.77. The van der Waals surface area contributed by atoms with E-state index in [2.05, 4.69) is 10.6 Å². The molecule has 6 aliphatic rings. The summed E-state index contributed by atoms with van der Waals surface area (Å²) in [4.78, 5) is 69.7. The number of amides is 4. The van der Waals surface area contributed by atoms with Crippen molar-refractivity contribution in [3.05, 3.63) is 0 Å². The topological polar surface area (TPSA) is 183 Å². The van der Waals surface area contributed by atoms with Crippen LogP contribution in [0, 0.1) is 11.8 Å². The Morgan fingerprint density at radius 2 is 0.877 bits per heavy atom. The van der Waals surface area contributed by atoms with Gasteiger partial charge in [-0.1, -0.05) is 103 Å². The Morgan fingerprint density at radius 3 is 1.21 bits per heavy atom. The second-order valence-electron chi connectivity index (χ2n) is 15.9. The van der Waals surface area contributed by atoms with E-state index in [0.29, 0.717) is 11.5 Å². The van der Waals surface area contributed by atoms with Crippen LogP contribution in [0.1, 0.15) is 193 Å². The number of hydrogen-bond donors (Lipinski definition) is 4. The number of nitrogens with one attached hydrogen (secondary N) is 2. The molecule has 2 heterocycles. The van der Waals surface area contributed by atoms with Crippen LogP contribution in [0.25, 0.3) is 0 Å². The molecule has 2 aliphatic heterocycles. The number of carboxylic acid groups (broad SMARTS) is 1. The van der Waals surface area contributed by atoms with Gasteiger partial charge in [0.05, 0.1) is 0 Å². The van der Waals surface area contributed by atoms with Crippen molar-refractivity contribution in [1.82, 2.24) is 20.8 Å². The summed E-state index contributed by atoms with van der Waals surface area (Å²) >= 11 is 0. The number of rotatable bonds is 17. The molecular formula is C42H74Fe2N4O9+4. The summed E-state index contributed by atoms with van der Waals surface area (Å²) in [6.45, 7) is 4.31. The molecule has 0 spiro atoms. The minimum atomic E-state index is -0.672. The normalized spacial score (nSPS) is 19.0. The van der Waals surface area contributed by atoms with Crippen LogP contribution >= 0.6 is 0 Å². The van der Waals surface area contributed by atoms with Gasteiger partial charge in [-0.2, -0.15) is 5.06 Å². The molecule has 15 heteroatoms. The van der Waals surface area contributed by atoms with Crippen LogP contribution in [-0.2, 0) is 67.7 Å². The van der Waals surface area contributed by atoms with Crippen molar-refractivity contribution in [1.29, 1.82) is 0 Å². The first-order valence-electron chi connectivity index (χ1n) is 21.9. The Bertz CT molecular complexity index is 1060. The summed E-state index contributed by atoms with van der Waals surface area (Å²) in [6.07, 6.45) is 32.9. The van der Waals surface area contributed by atoms with Crippen molar-refractivity contribution in [3.63, 3.8) is 0 Å². The van der Waals surface area contributed by atoms with Crippen LogP contribution < -0.4 is 10.6 Å². The molecule has 0 aromatic carbocycles. The molecule has 4 saturated carbocycles. The zero-order valence-electron chi connectivity index (χ0n) is 34.6. The van der Waals surface area contributed by atoms with Crippen molar-refractivity contribution < 1.29 is 78.1 Å². The number of hydrogen-bond acceptors (Lipinski definition) is 10. The predicted molar refractivity (Wildman–Crippen MR) is 210 cm³/mol. The maximum atomic E-state index is 11.6. The molecule has 6 fully saturated rings. The Morgan fingerprint density at radius 1 is 0.526 bits per heavy atom. The van der Waals surface area contributed by atoms with Crippen LogP contribution in [0.15, 0.2) is 0 Å². The van der Waals surface area contributed by atoms with Crippen molar-refractivity contribution >= 4 is 35.6 Å². The van der Waals surface area contributed by atoms with E-state index >= 15 is 0 Å². The molecule has 0 aromatic rings. The van der Waals surface area contributed by atoms with Crippen molar-refractivity contribution in [2.45, 2.75) is 193 Å². The zero-order valence-corrected chi connectivity index (χ0v) is 36.8. The number of unbranched alkanes of at least 4 members (excludes halogenated alkanes) is 4. The minimum Gasteiger partial charge on any atom is -0.481 e. The van der Waals surface area contributed by atoms with Crippen LogP contribution in [-0.4, -0.2) is 82.2 Å². The summed E-state index contributed by atoms with van der Waals surface area (Å²) < 4.78 is 0. The Kier molecular flexibility index (Phi) is 34.9. The van der Waals surface area contributed by atoms with Gasteiger partial charge in [-0.15, -0.1) is 5.06 Å². The molecule has 0 atom stereocenters. The van der Waals surface area contributed by atoms with Gasteiger partial charge in [0.1, 0.15) is 0 Å². The minimum absolute atomic E-state index is 0. The number of aliphatic carboxylic acids is 1. The molecular weight excluding hydrogens is 816 g/mol. The van der Waals surface area contributed by atoms with Crippen LogP contribution in [0.5, 0.6) is 0 Å². The van der Waals surface area contributed by atoms with Crippen LogP contribution in [0.4, 0.5) is 0 Å². The van der Waals surface area contributed by atoms with E-state index in [9.17, 15) is 28.8 Å². The monoisotopic (exact) mass is 890 g/mol. The molecule has 328 valence electrons. The molecule has 13 nitrogen and oxygen atoms in total. The number of nitrogens with zero attached hydrogens (tertiary/aromatic N) is 2. The van der Waals surface area contributed by atoms with E-state index in [1.807, 2.05) is 0 Å². The van der Waals surface area contributed by atoms with E-state index < -0.39 is 35.6 Å². The SMILES string of the molecule is C1CCCC1.C1CCCC1.O=C(CCCCCNCC1CCCC1)ON1C(=O)CCC1=O.O=C(O)CCCCCNCC1CCCC1.O=C1CCC(=O)N1O.[Fe+2].[Fe+2]. The van der Waals surface area contributed by atoms with E-state index in [-0.39, 0.29) is 71.3 Å². The molecule has 0 unspecified atom stereocenters. The first-order chi connectivity index (χ1) is 26.7. The first-order valence-corrected chi connectivity index (χ1v) is 21.9. The zero-order chi connectivity index (χ0) is 39.9. The maximum absolute atomic E-state index is 11.6. The number of hydroxylamine groups is 4. The van der Waals surface area contributed by atoms with Crippen molar-refractivity contribution in [2.24, 2.45) is 11.8 Å². The summed E-state index contributed by atoms with van der Waals surface area (Å²) in [6, 6.07) is 0. The first kappa shape index (κ1) is 55.1. The summed E-state index contributed by atoms with van der Waals surface area (Å²) in [5, 5.41) is 24.6. The van der Waals surface area contributed by atoms with E-state index in [4.69, 9.17) is 15.2 Å². The van der Waals surface area contributed by atoms with E-state index in [1.54, 1.807) is 0 Å². The van der Waals surface area contributed by atoms with Crippen molar-refractivity contribution in [2.75, 3.05) is 26.2 Å². The largest absolute Gasteiger partial charge is 2.00 e. The van der Waals surface area contributed by atoms with Gasteiger partial charge in [-0.05, 0) is 89.4 Å². The molecule has 4 N–H and O–H groups in total. The molecule has 2 saturated heterocycles. The molecule has 4 amide bonds. The fraction of sp³-hybridized carbons (Fsp3) is 0.857. The van der Waals surface area contributed by atoms with Crippen molar-refractivity contribution in [3.8, 4) is 0 Å². The van der Waals surface area contributed by atoms with E-state index in [1.165, 1.54) is 122 Å². The third-order valence-corrected chi connectivity index (χ3v) is 11.0. The summed E-state index contributed by atoms with van der Waals surface area (Å²) in [7, 11) is 0. The number of imide groups is 2. The molecule has 57 heavy (non-hydrogen) atoms. The van der Waals surface area contributed by atoms with Crippen LogP contribution in [0.3, 0.4) is 0 Å². The molecule has 0 aromatic heterocycles. The Labute approximate surface area is 363 Å². The second-order valence-corrected chi connectivity index (χ2v) is 15.9. The fourth-order valence-electron chi connectivity index (χ4n) is 7.58. The number of carbonyl (C=O) groups is 6. The van der Waals surface area contributed by atoms with Gasteiger partial charge in [0.15, 0.2) is 0 Å². The van der Waals surface area contributed by atoms with Gasteiger partial charge in [0.2, 0.25) is 0 Å². The second kappa shape index (κ2) is 36.0. The Balaban J connectivity index is 0.000000767. The maximum Gasteiger partial charge on any atom is 2.00 e. The third-order valence-electron chi connectivity index (χ3n) is 11.0.